The molecule has 0 aliphatic heterocycles. The fourth-order valence-corrected chi connectivity index (χ4v) is 3.79. The van der Waals surface area contributed by atoms with Crippen molar-refractivity contribution >= 4 is 11.9 Å². The number of carbonyl (C=O) groups is 2. The summed E-state index contributed by atoms with van der Waals surface area (Å²) < 4.78 is 9.36. The van der Waals surface area contributed by atoms with E-state index >= 15 is 0 Å². The molecular formula is C35H60O4. The Morgan fingerprint density at radius 2 is 0.974 bits per heavy atom. The molecule has 0 saturated carbocycles. The van der Waals surface area contributed by atoms with Gasteiger partial charge in [-0.25, -0.2) is 4.79 Å². The van der Waals surface area contributed by atoms with Crippen molar-refractivity contribution in [1.82, 2.24) is 0 Å². The van der Waals surface area contributed by atoms with Gasteiger partial charge in [0.15, 0.2) is 0 Å². The fraction of sp³-hybridized carbons (Fsp3) is 0.657. The Kier molecular flexibility index (Phi) is 35.4. The molecule has 0 spiro atoms. The van der Waals surface area contributed by atoms with Gasteiger partial charge in [0, 0.05) is 12.5 Å². The van der Waals surface area contributed by atoms with E-state index in [1.165, 1.54) is 116 Å². The highest BCUT2D eigenvalue weighted by Crippen LogP contribution is 2.11. The largest absolute Gasteiger partial charge is 0.466 e. The van der Waals surface area contributed by atoms with E-state index in [-0.39, 0.29) is 11.9 Å². The minimum absolute atomic E-state index is 0.0366. The van der Waals surface area contributed by atoms with Gasteiger partial charge in [-0.3, -0.25) is 4.79 Å². The van der Waals surface area contributed by atoms with Crippen LogP contribution in [0.1, 0.15) is 136 Å². The zero-order valence-electron chi connectivity index (χ0n) is 25.8. The SMILES string of the molecule is CCCCCCCCCC=CC=CC=CC=CC=CC(=O)OC.CCCCCCCCCCCC(=O)OCC. The summed E-state index contributed by atoms with van der Waals surface area (Å²) in [7, 11) is 1.36. The zero-order chi connectivity index (χ0) is 29.1. The van der Waals surface area contributed by atoms with Crippen molar-refractivity contribution in [1.29, 1.82) is 0 Å². The van der Waals surface area contributed by atoms with Gasteiger partial charge >= 0.3 is 11.9 Å². The molecule has 0 aliphatic rings. The molecule has 4 nitrogen and oxygen atoms in total. The predicted molar refractivity (Wildman–Crippen MR) is 169 cm³/mol. The smallest absolute Gasteiger partial charge is 0.330 e. The zero-order valence-corrected chi connectivity index (χ0v) is 25.8. The summed E-state index contributed by atoms with van der Waals surface area (Å²) in [5, 5.41) is 0. The number of carbonyl (C=O) groups excluding carboxylic acids is 2. The first kappa shape index (κ1) is 38.8. The first-order valence-electron chi connectivity index (χ1n) is 15.7. The number of ether oxygens (including phenoxy) is 2. The van der Waals surface area contributed by atoms with E-state index in [0.717, 1.165) is 6.42 Å². The van der Waals surface area contributed by atoms with Crippen LogP contribution in [0.3, 0.4) is 0 Å². The van der Waals surface area contributed by atoms with E-state index < -0.39 is 0 Å². The Bertz CT molecular complexity index is 670. The molecule has 0 amide bonds. The van der Waals surface area contributed by atoms with Crippen LogP contribution in [0.2, 0.25) is 0 Å². The highest BCUT2D eigenvalue weighted by atomic mass is 16.5. The Labute approximate surface area is 241 Å². The molecule has 0 saturated heterocycles. The Morgan fingerprint density at radius 3 is 1.46 bits per heavy atom. The predicted octanol–water partition coefficient (Wildman–Crippen LogP) is 10.6. The quantitative estimate of drug-likeness (QED) is 0.0525. The van der Waals surface area contributed by atoms with Gasteiger partial charge in [0.05, 0.1) is 13.7 Å². The van der Waals surface area contributed by atoms with Crippen LogP contribution >= 0.6 is 0 Å². The third-order valence-corrected chi connectivity index (χ3v) is 6.11. The maximum Gasteiger partial charge on any atom is 0.330 e. The van der Waals surface area contributed by atoms with Crippen molar-refractivity contribution in [2.75, 3.05) is 13.7 Å². The highest BCUT2D eigenvalue weighted by Gasteiger charge is 2.00. The third-order valence-electron chi connectivity index (χ3n) is 6.11. The van der Waals surface area contributed by atoms with Crippen molar-refractivity contribution < 1.29 is 19.1 Å². The summed E-state index contributed by atoms with van der Waals surface area (Å²) in [6.07, 6.45) is 41.8. The summed E-state index contributed by atoms with van der Waals surface area (Å²) in [6, 6.07) is 0. The Hall–Kier alpha value is -2.36. The number of unbranched alkanes of at least 4 members (excludes halogenated alkanes) is 15. The van der Waals surface area contributed by atoms with E-state index in [1.54, 1.807) is 12.2 Å². The molecule has 0 atom stereocenters. The summed E-state index contributed by atoms with van der Waals surface area (Å²) in [6.45, 7) is 6.87. The van der Waals surface area contributed by atoms with Gasteiger partial charge in [0.1, 0.15) is 0 Å². The molecule has 4 heteroatoms. The first-order valence-corrected chi connectivity index (χ1v) is 15.7. The Balaban J connectivity index is 0. The standard InChI is InChI=1S/C21H32O2.C14H28O2/c1-3-4-5-6-7-8-9-10-11-12-13-14-15-16-17-18-19-20-21(22)23-2;1-3-5-6-7-8-9-10-11-12-13-14(15)16-4-2/h11-20H,3-10H2,1-2H3;3-13H2,1-2H3. The molecule has 0 fully saturated rings. The lowest BCUT2D eigenvalue weighted by atomic mass is 10.1. The molecule has 0 radical (unpaired) electrons. The molecule has 224 valence electrons. The summed E-state index contributed by atoms with van der Waals surface area (Å²) >= 11 is 0. The van der Waals surface area contributed by atoms with Crippen LogP contribution in [0.25, 0.3) is 0 Å². The van der Waals surface area contributed by atoms with Crippen LogP contribution in [0.4, 0.5) is 0 Å². The lowest BCUT2D eigenvalue weighted by molar-refractivity contribution is -0.143. The van der Waals surface area contributed by atoms with Gasteiger partial charge in [-0.15, -0.1) is 0 Å². The van der Waals surface area contributed by atoms with Gasteiger partial charge < -0.3 is 9.47 Å². The lowest BCUT2D eigenvalue weighted by Crippen LogP contribution is -2.03. The van der Waals surface area contributed by atoms with Gasteiger partial charge in [-0.2, -0.15) is 0 Å². The van der Waals surface area contributed by atoms with E-state index in [2.05, 4.69) is 30.7 Å². The van der Waals surface area contributed by atoms with Crippen LogP contribution in [0, 0.1) is 0 Å². The molecule has 0 rings (SSSR count). The maximum absolute atomic E-state index is 11.0. The average molecular weight is 545 g/mol. The van der Waals surface area contributed by atoms with Crippen LogP contribution in [-0.4, -0.2) is 25.7 Å². The van der Waals surface area contributed by atoms with Crippen molar-refractivity contribution in [3.8, 4) is 0 Å². The van der Waals surface area contributed by atoms with Crippen molar-refractivity contribution in [3.05, 3.63) is 60.8 Å². The number of methoxy groups -OCH3 is 1. The van der Waals surface area contributed by atoms with E-state index in [0.29, 0.717) is 13.0 Å². The van der Waals surface area contributed by atoms with Gasteiger partial charge in [-0.05, 0) is 26.2 Å². The topological polar surface area (TPSA) is 52.6 Å². The van der Waals surface area contributed by atoms with Gasteiger partial charge in [-0.1, -0.05) is 158 Å². The van der Waals surface area contributed by atoms with Crippen LogP contribution < -0.4 is 0 Å². The van der Waals surface area contributed by atoms with Crippen molar-refractivity contribution in [2.24, 2.45) is 0 Å². The molecule has 0 heterocycles. The molecular weight excluding hydrogens is 484 g/mol. The van der Waals surface area contributed by atoms with E-state index in [9.17, 15) is 9.59 Å². The normalized spacial score (nSPS) is 11.7. The number of rotatable bonds is 24. The second-order valence-electron chi connectivity index (χ2n) is 9.76. The molecule has 0 unspecified atom stereocenters. The molecule has 0 bridgehead atoms. The second-order valence-corrected chi connectivity index (χ2v) is 9.76. The minimum Gasteiger partial charge on any atom is -0.466 e. The number of esters is 2. The summed E-state index contributed by atoms with van der Waals surface area (Å²) in [4.78, 5) is 21.8. The monoisotopic (exact) mass is 544 g/mol. The molecule has 0 aliphatic carbocycles. The van der Waals surface area contributed by atoms with Crippen LogP contribution in [0.5, 0.6) is 0 Å². The summed E-state index contributed by atoms with van der Waals surface area (Å²) in [5.74, 6) is -0.380. The second kappa shape index (κ2) is 35.6. The first-order chi connectivity index (χ1) is 19.1. The summed E-state index contributed by atoms with van der Waals surface area (Å²) in [5.41, 5.74) is 0. The van der Waals surface area contributed by atoms with Crippen LogP contribution in [-0.2, 0) is 19.1 Å². The minimum atomic E-state index is -0.343. The molecule has 0 aromatic rings. The molecule has 39 heavy (non-hydrogen) atoms. The molecule has 0 aromatic heterocycles. The maximum atomic E-state index is 11.0. The van der Waals surface area contributed by atoms with Gasteiger partial charge in [0.25, 0.3) is 0 Å². The van der Waals surface area contributed by atoms with E-state index in [1.807, 2.05) is 37.3 Å². The van der Waals surface area contributed by atoms with Crippen LogP contribution in [0.15, 0.2) is 60.8 Å². The Morgan fingerprint density at radius 1 is 0.538 bits per heavy atom. The number of hydrogen-bond acceptors (Lipinski definition) is 4. The fourth-order valence-electron chi connectivity index (χ4n) is 3.79. The third kappa shape index (κ3) is 37.9. The molecule has 0 aromatic carbocycles. The number of hydrogen-bond donors (Lipinski definition) is 0. The lowest BCUT2D eigenvalue weighted by Gasteiger charge is -2.02. The average Bonchev–Trinajstić information content (AvgIpc) is 2.94. The van der Waals surface area contributed by atoms with Crippen molar-refractivity contribution in [2.45, 2.75) is 136 Å². The number of allylic oxidation sites excluding steroid dienone is 9. The highest BCUT2D eigenvalue weighted by molar-refractivity contribution is 5.82. The van der Waals surface area contributed by atoms with E-state index in [4.69, 9.17) is 4.74 Å². The molecule has 0 N–H and O–H groups in total. The van der Waals surface area contributed by atoms with Gasteiger partial charge in [0.2, 0.25) is 0 Å². The van der Waals surface area contributed by atoms with Crippen molar-refractivity contribution in [3.63, 3.8) is 0 Å².